The lowest BCUT2D eigenvalue weighted by molar-refractivity contribution is -0.122. The second-order valence-electron chi connectivity index (χ2n) is 6.81. The van der Waals surface area contributed by atoms with E-state index in [0.717, 1.165) is 28.0 Å². The van der Waals surface area contributed by atoms with Crippen molar-refractivity contribution in [3.05, 3.63) is 83.2 Å². The van der Waals surface area contributed by atoms with Gasteiger partial charge in [0.05, 0.1) is 17.6 Å². The number of anilines is 1. The Balaban J connectivity index is 1.77. The van der Waals surface area contributed by atoms with Gasteiger partial charge in [-0.15, -0.1) is 0 Å². The Morgan fingerprint density at radius 1 is 1.03 bits per heavy atom. The summed E-state index contributed by atoms with van der Waals surface area (Å²) in [7, 11) is 0. The lowest BCUT2D eigenvalue weighted by Crippen LogP contribution is -2.54. The SMILES string of the molecule is Cc1cc(/C=C2/C(=O)NC(=O)N(c3cccc(F)c3)C2=O)c(C)n1-c1cccnc1. The van der Waals surface area contributed by atoms with Gasteiger partial charge in [0.1, 0.15) is 11.4 Å². The topological polar surface area (TPSA) is 84.3 Å². The molecule has 1 aromatic carbocycles. The molecule has 0 radical (unpaired) electrons. The number of carbonyl (C=O) groups is 3. The molecule has 0 aliphatic carbocycles. The number of imide groups is 2. The Kier molecular flexibility index (Phi) is 4.75. The Morgan fingerprint density at radius 3 is 2.50 bits per heavy atom. The number of aryl methyl sites for hydroxylation is 1. The molecule has 4 rings (SSSR count). The molecule has 150 valence electrons. The summed E-state index contributed by atoms with van der Waals surface area (Å²) in [6.07, 6.45) is 4.81. The van der Waals surface area contributed by atoms with Gasteiger partial charge in [-0.05, 0) is 61.9 Å². The number of nitrogens with zero attached hydrogens (tertiary/aromatic N) is 3. The number of hydrogen-bond donors (Lipinski definition) is 1. The molecule has 0 spiro atoms. The summed E-state index contributed by atoms with van der Waals surface area (Å²) < 4.78 is 15.5. The summed E-state index contributed by atoms with van der Waals surface area (Å²) >= 11 is 0. The molecule has 1 aliphatic rings. The fraction of sp³-hybridized carbons (Fsp3) is 0.0909. The third-order valence-corrected chi connectivity index (χ3v) is 4.84. The molecule has 1 aliphatic heterocycles. The normalized spacial score (nSPS) is 15.6. The number of halogens is 1. The van der Waals surface area contributed by atoms with Crippen molar-refractivity contribution in [2.24, 2.45) is 0 Å². The zero-order chi connectivity index (χ0) is 21.4. The van der Waals surface area contributed by atoms with E-state index in [1.54, 1.807) is 12.4 Å². The van der Waals surface area contributed by atoms with Crippen LogP contribution in [0.5, 0.6) is 0 Å². The standard InChI is InChI=1S/C22H17FN4O3/c1-13-9-15(14(2)26(13)18-7-4-8-24-12-18)10-19-20(28)25-22(30)27(21(19)29)17-6-3-5-16(23)11-17/h3-12H,1-2H3,(H,25,28,30)/b19-10-. The highest BCUT2D eigenvalue weighted by Crippen LogP contribution is 2.26. The maximum absolute atomic E-state index is 13.6. The summed E-state index contributed by atoms with van der Waals surface area (Å²) in [6.45, 7) is 3.75. The first-order chi connectivity index (χ1) is 14.4. The molecule has 3 aromatic rings. The zero-order valence-corrected chi connectivity index (χ0v) is 16.2. The number of urea groups is 1. The average Bonchev–Trinajstić information content (AvgIpc) is 2.99. The third kappa shape index (κ3) is 3.28. The van der Waals surface area contributed by atoms with Gasteiger partial charge in [0, 0.05) is 17.6 Å². The molecular weight excluding hydrogens is 387 g/mol. The molecule has 7 nitrogen and oxygen atoms in total. The van der Waals surface area contributed by atoms with Gasteiger partial charge in [0.25, 0.3) is 11.8 Å². The van der Waals surface area contributed by atoms with Crippen LogP contribution in [0.2, 0.25) is 0 Å². The summed E-state index contributed by atoms with van der Waals surface area (Å²) in [6, 6.07) is 9.67. The molecule has 4 amide bonds. The van der Waals surface area contributed by atoms with Crippen LogP contribution in [-0.4, -0.2) is 27.4 Å². The van der Waals surface area contributed by atoms with Crippen LogP contribution in [0.3, 0.4) is 0 Å². The lowest BCUT2D eigenvalue weighted by atomic mass is 10.1. The Hall–Kier alpha value is -4.07. The molecule has 8 heteroatoms. The molecule has 0 saturated carbocycles. The van der Waals surface area contributed by atoms with Gasteiger partial charge >= 0.3 is 6.03 Å². The van der Waals surface area contributed by atoms with Crippen LogP contribution in [0.25, 0.3) is 11.8 Å². The van der Waals surface area contributed by atoms with Crippen molar-refractivity contribution in [3.63, 3.8) is 0 Å². The summed E-state index contributed by atoms with van der Waals surface area (Å²) in [5.41, 5.74) is 2.98. The van der Waals surface area contributed by atoms with Crippen molar-refractivity contribution < 1.29 is 18.8 Å². The van der Waals surface area contributed by atoms with E-state index in [4.69, 9.17) is 0 Å². The lowest BCUT2D eigenvalue weighted by Gasteiger charge is -2.26. The van der Waals surface area contributed by atoms with Gasteiger partial charge in [-0.25, -0.2) is 14.1 Å². The van der Waals surface area contributed by atoms with Crippen LogP contribution < -0.4 is 10.2 Å². The van der Waals surface area contributed by atoms with Crippen LogP contribution in [0.1, 0.15) is 17.0 Å². The highest BCUT2D eigenvalue weighted by atomic mass is 19.1. The van der Waals surface area contributed by atoms with Crippen molar-refractivity contribution in [1.29, 1.82) is 0 Å². The number of nitrogens with one attached hydrogen (secondary N) is 1. The monoisotopic (exact) mass is 404 g/mol. The predicted molar refractivity (Wildman–Crippen MR) is 108 cm³/mol. The molecule has 0 atom stereocenters. The van der Waals surface area contributed by atoms with Crippen LogP contribution in [0.4, 0.5) is 14.9 Å². The molecular formula is C22H17FN4O3. The van der Waals surface area contributed by atoms with E-state index in [1.165, 1.54) is 24.3 Å². The maximum atomic E-state index is 13.6. The molecule has 30 heavy (non-hydrogen) atoms. The first-order valence-electron chi connectivity index (χ1n) is 9.13. The number of rotatable bonds is 3. The van der Waals surface area contributed by atoms with Crippen LogP contribution >= 0.6 is 0 Å². The number of barbiturate groups is 1. The maximum Gasteiger partial charge on any atom is 0.335 e. The molecule has 0 bridgehead atoms. The number of hydrogen-bond acceptors (Lipinski definition) is 4. The fourth-order valence-electron chi connectivity index (χ4n) is 3.48. The van der Waals surface area contributed by atoms with Crippen molar-refractivity contribution in [1.82, 2.24) is 14.9 Å². The zero-order valence-electron chi connectivity index (χ0n) is 16.2. The predicted octanol–water partition coefficient (Wildman–Crippen LogP) is 3.29. The van der Waals surface area contributed by atoms with E-state index in [-0.39, 0.29) is 11.3 Å². The Morgan fingerprint density at radius 2 is 1.80 bits per heavy atom. The highest BCUT2D eigenvalue weighted by Gasteiger charge is 2.37. The molecule has 1 N–H and O–H groups in total. The van der Waals surface area contributed by atoms with Crippen molar-refractivity contribution in [3.8, 4) is 5.69 Å². The van der Waals surface area contributed by atoms with E-state index < -0.39 is 23.7 Å². The minimum atomic E-state index is -0.923. The largest absolute Gasteiger partial charge is 0.335 e. The van der Waals surface area contributed by atoms with Gasteiger partial charge in [0.15, 0.2) is 0 Å². The molecule has 1 saturated heterocycles. The van der Waals surface area contributed by atoms with E-state index in [2.05, 4.69) is 10.3 Å². The van der Waals surface area contributed by atoms with E-state index in [0.29, 0.717) is 5.56 Å². The molecule has 2 aromatic heterocycles. The van der Waals surface area contributed by atoms with Gasteiger partial charge in [-0.3, -0.25) is 19.9 Å². The number of carbonyl (C=O) groups excluding carboxylic acids is 3. The van der Waals surface area contributed by atoms with Crippen molar-refractivity contribution in [2.75, 3.05) is 4.90 Å². The molecule has 0 unspecified atom stereocenters. The number of benzene rings is 1. The van der Waals surface area contributed by atoms with E-state index in [1.807, 2.05) is 36.6 Å². The van der Waals surface area contributed by atoms with E-state index >= 15 is 0 Å². The van der Waals surface area contributed by atoms with Gasteiger partial charge in [-0.2, -0.15) is 0 Å². The Bertz CT molecular complexity index is 1210. The van der Waals surface area contributed by atoms with Crippen LogP contribution in [-0.2, 0) is 9.59 Å². The van der Waals surface area contributed by atoms with E-state index in [9.17, 15) is 18.8 Å². The number of aromatic nitrogens is 2. The Labute approximate surface area is 171 Å². The number of amides is 4. The highest BCUT2D eigenvalue weighted by molar-refractivity contribution is 6.39. The minimum absolute atomic E-state index is 0.0386. The van der Waals surface area contributed by atoms with Crippen molar-refractivity contribution >= 4 is 29.6 Å². The fourth-order valence-corrected chi connectivity index (χ4v) is 3.48. The molecule has 3 heterocycles. The second-order valence-corrected chi connectivity index (χ2v) is 6.81. The number of pyridine rings is 1. The summed E-state index contributed by atoms with van der Waals surface area (Å²) in [4.78, 5) is 42.5. The first kappa shape index (κ1) is 19.3. The minimum Gasteiger partial charge on any atom is -0.316 e. The summed E-state index contributed by atoms with van der Waals surface area (Å²) in [5, 5.41) is 2.14. The first-order valence-corrected chi connectivity index (χ1v) is 9.13. The van der Waals surface area contributed by atoms with Crippen LogP contribution in [0, 0.1) is 19.7 Å². The quantitative estimate of drug-likeness (QED) is 0.536. The van der Waals surface area contributed by atoms with Gasteiger partial charge in [-0.1, -0.05) is 6.07 Å². The van der Waals surface area contributed by atoms with Gasteiger partial charge < -0.3 is 4.57 Å². The smallest absolute Gasteiger partial charge is 0.316 e. The molecule has 1 fully saturated rings. The third-order valence-electron chi connectivity index (χ3n) is 4.84. The summed E-state index contributed by atoms with van der Waals surface area (Å²) in [5.74, 6) is -2.22. The second kappa shape index (κ2) is 7.40. The van der Waals surface area contributed by atoms with Crippen LogP contribution in [0.15, 0.2) is 60.4 Å². The average molecular weight is 404 g/mol. The van der Waals surface area contributed by atoms with Gasteiger partial charge in [0.2, 0.25) is 0 Å². The van der Waals surface area contributed by atoms with Crippen molar-refractivity contribution in [2.45, 2.75) is 13.8 Å².